The van der Waals surface area contributed by atoms with Crippen molar-refractivity contribution < 1.29 is 14.6 Å². The predicted octanol–water partition coefficient (Wildman–Crippen LogP) is 5.11. The van der Waals surface area contributed by atoms with Crippen LogP contribution in [0.25, 0.3) is 16.9 Å². The number of hydrogen-bond donors (Lipinski definition) is 1. The third-order valence-electron chi connectivity index (χ3n) is 5.64. The lowest BCUT2D eigenvalue weighted by Gasteiger charge is -2.06. The lowest BCUT2D eigenvalue weighted by atomic mass is 10.0. The number of benzene rings is 3. The Kier molecular flexibility index (Phi) is 6.46. The number of ether oxygens (including phenoxy) is 1. The number of nitro benzene ring substituents is 2. The highest BCUT2D eigenvalue weighted by atomic mass is 16.6. The van der Waals surface area contributed by atoms with Gasteiger partial charge in [0, 0.05) is 29.8 Å². The smallest absolute Gasteiger partial charge is 0.280 e. The number of methoxy groups -OCH3 is 1. The minimum absolute atomic E-state index is 0.104. The number of nitrogens with zero attached hydrogens (tertiary/aromatic N) is 4. The number of hydrogen-bond acceptors (Lipinski definition) is 7. The van der Waals surface area contributed by atoms with E-state index in [1.54, 1.807) is 51.3 Å². The van der Waals surface area contributed by atoms with Crippen LogP contribution >= 0.6 is 0 Å². The molecule has 0 aliphatic carbocycles. The second kappa shape index (κ2) is 9.66. The summed E-state index contributed by atoms with van der Waals surface area (Å²) in [6, 6.07) is 16.9. The molecule has 4 rings (SSSR count). The number of aromatic nitrogens is 2. The Bertz CT molecular complexity index is 1550. The van der Waals surface area contributed by atoms with Gasteiger partial charge in [0.25, 0.3) is 16.9 Å². The van der Waals surface area contributed by atoms with Crippen molar-refractivity contribution >= 4 is 22.8 Å². The number of rotatable bonds is 7. The van der Waals surface area contributed by atoms with E-state index < -0.39 is 15.4 Å². The van der Waals surface area contributed by atoms with Crippen LogP contribution in [0.2, 0.25) is 0 Å². The number of non-ortho nitro benzene ring substituents is 2. The molecule has 0 aliphatic heterocycles. The first-order valence-electron chi connectivity index (χ1n) is 10.7. The first-order chi connectivity index (χ1) is 17.2. The summed E-state index contributed by atoms with van der Waals surface area (Å²) in [5.74, 6) is 0.634. The maximum absolute atomic E-state index is 13.6. The molecule has 1 aromatic heterocycles. The lowest BCUT2D eigenvalue weighted by Crippen LogP contribution is -2.19. The summed E-state index contributed by atoms with van der Waals surface area (Å²) in [6.45, 7) is 3.42. The second-order valence-corrected chi connectivity index (χ2v) is 7.93. The molecule has 36 heavy (non-hydrogen) atoms. The molecular formula is C25H21N5O6. The molecule has 11 nitrogen and oxygen atoms in total. The van der Waals surface area contributed by atoms with Crippen molar-refractivity contribution in [2.45, 2.75) is 13.8 Å². The summed E-state index contributed by atoms with van der Waals surface area (Å²) in [6.07, 6.45) is 0. The summed E-state index contributed by atoms with van der Waals surface area (Å²) >= 11 is 0. The quantitative estimate of drug-likeness (QED) is 0.218. The van der Waals surface area contributed by atoms with E-state index in [1.165, 1.54) is 41.1 Å². The van der Waals surface area contributed by atoms with Crippen LogP contribution in [0.5, 0.6) is 5.75 Å². The van der Waals surface area contributed by atoms with Crippen LogP contribution in [-0.4, -0.2) is 32.4 Å². The zero-order valence-corrected chi connectivity index (χ0v) is 19.6. The number of nitrogens with one attached hydrogen (secondary N) is 1. The minimum Gasteiger partial charge on any atom is -0.497 e. The molecule has 0 saturated carbocycles. The van der Waals surface area contributed by atoms with Gasteiger partial charge in [0.1, 0.15) is 5.75 Å². The molecule has 0 aliphatic rings. The Morgan fingerprint density at radius 2 is 1.56 bits per heavy atom. The van der Waals surface area contributed by atoms with Crippen molar-refractivity contribution in [3.05, 3.63) is 108 Å². The van der Waals surface area contributed by atoms with E-state index >= 15 is 0 Å². The largest absolute Gasteiger partial charge is 0.497 e. The van der Waals surface area contributed by atoms with Crippen LogP contribution in [0.15, 0.2) is 76.5 Å². The molecule has 0 unspecified atom stereocenters. The van der Waals surface area contributed by atoms with Gasteiger partial charge in [-0.2, -0.15) is 0 Å². The number of nitro groups is 2. The molecule has 3 aromatic carbocycles. The van der Waals surface area contributed by atoms with Gasteiger partial charge in [0.2, 0.25) is 0 Å². The van der Waals surface area contributed by atoms with Gasteiger partial charge in [-0.3, -0.25) is 35.1 Å². The molecular weight excluding hydrogens is 466 g/mol. The van der Waals surface area contributed by atoms with Gasteiger partial charge in [-0.25, -0.2) is 4.68 Å². The van der Waals surface area contributed by atoms with E-state index in [2.05, 4.69) is 10.1 Å². The van der Waals surface area contributed by atoms with Crippen LogP contribution in [0.3, 0.4) is 0 Å². The van der Waals surface area contributed by atoms with Crippen molar-refractivity contribution in [3.63, 3.8) is 0 Å². The standard InChI is InChI=1S/C25H21N5O6/c1-15-4-7-20(30(34)35)14-22(15)26-16(2)23-24(17-5-12-21(36-3)13-6-17)27-28(25(23)31)18-8-10-19(11-9-18)29(32)33/h4-14,27H,1-3H3. The average molecular weight is 487 g/mol. The Hall–Kier alpha value is -5.06. The van der Waals surface area contributed by atoms with Crippen LogP contribution in [0.4, 0.5) is 17.1 Å². The monoisotopic (exact) mass is 487 g/mol. The Morgan fingerprint density at radius 1 is 0.944 bits per heavy atom. The molecule has 11 heteroatoms. The number of aliphatic imine (C=N–C) groups is 1. The van der Waals surface area contributed by atoms with E-state index in [0.29, 0.717) is 39.7 Å². The van der Waals surface area contributed by atoms with Crippen molar-refractivity contribution in [3.8, 4) is 22.7 Å². The van der Waals surface area contributed by atoms with Crippen LogP contribution in [-0.2, 0) is 0 Å². The minimum atomic E-state index is -0.520. The van der Waals surface area contributed by atoms with Gasteiger partial charge in [0.15, 0.2) is 0 Å². The first-order valence-corrected chi connectivity index (χ1v) is 10.7. The molecule has 1 N–H and O–H groups in total. The third-order valence-corrected chi connectivity index (χ3v) is 5.64. The van der Waals surface area contributed by atoms with E-state index in [4.69, 9.17) is 4.74 Å². The van der Waals surface area contributed by atoms with Crippen molar-refractivity contribution in [1.82, 2.24) is 9.78 Å². The lowest BCUT2D eigenvalue weighted by molar-refractivity contribution is -0.385. The van der Waals surface area contributed by atoms with Gasteiger partial charge in [-0.05, 0) is 55.8 Å². The summed E-state index contributed by atoms with van der Waals surface area (Å²) in [5, 5.41) is 25.4. The maximum atomic E-state index is 13.6. The molecule has 0 atom stereocenters. The molecule has 4 aromatic rings. The highest BCUT2D eigenvalue weighted by Gasteiger charge is 2.20. The molecule has 0 spiro atoms. The predicted molar refractivity (Wildman–Crippen MR) is 135 cm³/mol. The Balaban J connectivity index is 1.91. The normalized spacial score (nSPS) is 11.4. The number of aromatic amines is 1. The molecule has 182 valence electrons. The zero-order valence-electron chi connectivity index (χ0n) is 19.6. The fraction of sp³-hybridized carbons (Fsp3) is 0.120. The van der Waals surface area contributed by atoms with E-state index in [9.17, 15) is 25.0 Å². The molecule has 0 fully saturated rings. The highest BCUT2D eigenvalue weighted by molar-refractivity contribution is 6.05. The third kappa shape index (κ3) is 4.62. The first kappa shape index (κ1) is 24.1. The Morgan fingerprint density at radius 3 is 2.14 bits per heavy atom. The van der Waals surface area contributed by atoms with E-state index in [1.807, 2.05) is 0 Å². The van der Waals surface area contributed by atoms with Crippen molar-refractivity contribution in [2.75, 3.05) is 7.11 Å². The molecule has 1 heterocycles. The SMILES string of the molecule is COc1ccc(-c2[nH]n(-c3ccc([N+](=O)[O-])cc3)c(=O)c2C(C)=Nc2cc([N+](=O)[O-])ccc2C)cc1. The number of aryl methyl sites for hydroxylation is 1. The maximum Gasteiger partial charge on any atom is 0.280 e. The van der Waals surface area contributed by atoms with Gasteiger partial charge < -0.3 is 4.74 Å². The second-order valence-electron chi connectivity index (χ2n) is 7.93. The Labute approximate surface area is 204 Å². The fourth-order valence-electron chi connectivity index (χ4n) is 3.71. The van der Waals surface area contributed by atoms with Crippen LogP contribution < -0.4 is 10.3 Å². The zero-order chi connectivity index (χ0) is 26.0. The molecule has 0 bridgehead atoms. The van der Waals surface area contributed by atoms with Crippen LogP contribution in [0.1, 0.15) is 18.1 Å². The summed E-state index contributed by atoms with van der Waals surface area (Å²) < 4.78 is 6.50. The van der Waals surface area contributed by atoms with Crippen LogP contribution in [0, 0.1) is 27.2 Å². The highest BCUT2D eigenvalue weighted by Crippen LogP contribution is 2.28. The van der Waals surface area contributed by atoms with Gasteiger partial charge in [-0.1, -0.05) is 6.07 Å². The molecule has 0 amide bonds. The fourth-order valence-corrected chi connectivity index (χ4v) is 3.71. The summed E-state index contributed by atoms with van der Waals surface area (Å²) in [4.78, 5) is 39.4. The average Bonchev–Trinajstić information content (AvgIpc) is 3.22. The summed E-state index contributed by atoms with van der Waals surface area (Å²) in [7, 11) is 1.55. The van der Waals surface area contributed by atoms with Gasteiger partial charge in [-0.15, -0.1) is 0 Å². The topological polar surface area (TPSA) is 146 Å². The molecule has 0 radical (unpaired) electrons. The number of H-pyrrole nitrogens is 1. The summed E-state index contributed by atoms with van der Waals surface area (Å²) in [5.41, 5.74) is 2.55. The van der Waals surface area contributed by atoms with Gasteiger partial charge in [0.05, 0.1) is 45.3 Å². The van der Waals surface area contributed by atoms with Crippen molar-refractivity contribution in [1.29, 1.82) is 0 Å². The van der Waals surface area contributed by atoms with Gasteiger partial charge >= 0.3 is 0 Å². The molecule has 0 saturated heterocycles. The van der Waals surface area contributed by atoms with Crippen molar-refractivity contribution in [2.24, 2.45) is 4.99 Å². The van der Waals surface area contributed by atoms with E-state index in [-0.39, 0.29) is 16.9 Å². The van der Waals surface area contributed by atoms with E-state index in [0.717, 1.165) is 0 Å².